The molecule has 3 aromatic heterocycles. The molecule has 1 aliphatic heterocycles. The Morgan fingerprint density at radius 1 is 0.568 bits per heavy atom. The fourth-order valence-corrected chi connectivity index (χ4v) is 5.08. The van der Waals surface area contributed by atoms with E-state index in [2.05, 4.69) is 28.8 Å². The lowest BCUT2D eigenvalue weighted by Gasteiger charge is -2.15. The van der Waals surface area contributed by atoms with Crippen molar-refractivity contribution >= 4 is 21.8 Å². The molecule has 0 spiro atoms. The number of furan rings is 1. The molecule has 0 radical (unpaired) electrons. The zero-order valence-electron chi connectivity index (χ0n) is 19.5. The van der Waals surface area contributed by atoms with Crippen molar-refractivity contribution < 1.29 is 9.15 Å². The van der Waals surface area contributed by atoms with E-state index in [1.807, 2.05) is 78.9 Å². The van der Waals surface area contributed by atoms with Crippen LogP contribution in [0.2, 0.25) is 0 Å². The fraction of sp³-hybridized carbons (Fsp3) is 0. The maximum atomic E-state index is 6.04. The Labute approximate surface area is 211 Å². The van der Waals surface area contributed by atoms with Gasteiger partial charge in [0.05, 0.1) is 17.3 Å². The molecule has 8 rings (SSSR count). The van der Waals surface area contributed by atoms with Crippen LogP contribution in [0.25, 0.3) is 61.7 Å². The lowest BCUT2D eigenvalue weighted by molar-refractivity contribution is 0.343. The van der Waals surface area contributed by atoms with E-state index in [4.69, 9.17) is 24.1 Å². The van der Waals surface area contributed by atoms with E-state index in [1.54, 1.807) is 6.26 Å². The highest BCUT2D eigenvalue weighted by molar-refractivity contribution is 6.12. The van der Waals surface area contributed by atoms with Crippen molar-refractivity contribution in [1.29, 1.82) is 0 Å². The lowest BCUT2D eigenvalue weighted by atomic mass is 10.1. The topological polar surface area (TPSA) is 66.0 Å². The molecule has 0 amide bonds. The predicted molar refractivity (Wildman–Crippen MR) is 143 cm³/mol. The van der Waals surface area contributed by atoms with Gasteiger partial charge in [0.25, 0.3) is 0 Å². The molecule has 0 saturated carbocycles. The highest BCUT2D eigenvalue weighted by Crippen LogP contribution is 2.46. The van der Waals surface area contributed by atoms with Crippen LogP contribution in [0.1, 0.15) is 0 Å². The van der Waals surface area contributed by atoms with E-state index in [9.17, 15) is 0 Å². The Hall–Kier alpha value is -5.23. The number of fused-ring (bicyclic) bond motifs is 5. The number of aromatic nitrogens is 4. The van der Waals surface area contributed by atoms with Gasteiger partial charge in [-0.25, -0.2) is 15.0 Å². The van der Waals surface area contributed by atoms with Crippen LogP contribution in [0, 0.1) is 0 Å². The maximum Gasteiger partial charge on any atom is 0.315 e. The van der Waals surface area contributed by atoms with Gasteiger partial charge in [0.2, 0.25) is 0 Å². The molecule has 37 heavy (non-hydrogen) atoms. The SMILES string of the molecule is c1ccc(-c2nc(-c3ccccc3)nc(-c3ccc4c(c3)c3cccc5c3n4-c3ccoc3O5)n2)cc1. The van der Waals surface area contributed by atoms with Crippen LogP contribution < -0.4 is 4.74 Å². The summed E-state index contributed by atoms with van der Waals surface area (Å²) in [7, 11) is 0. The highest BCUT2D eigenvalue weighted by atomic mass is 16.6. The predicted octanol–water partition coefficient (Wildman–Crippen LogP) is 7.67. The van der Waals surface area contributed by atoms with Gasteiger partial charge in [-0.05, 0) is 24.3 Å². The van der Waals surface area contributed by atoms with Crippen molar-refractivity contribution in [1.82, 2.24) is 19.5 Å². The number of para-hydroxylation sites is 1. The molecule has 174 valence electrons. The van der Waals surface area contributed by atoms with E-state index < -0.39 is 0 Å². The minimum atomic E-state index is 0.499. The third-order valence-electron chi connectivity index (χ3n) is 6.76. The molecular weight excluding hydrogens is 460 g/mol. The average Bonchev–Trinajstić information content (AvgIpc) is 3.57. The molecule has 0 atom stereocenters. The minimum Gasteiger partial charge on any atom is -0.432 e. The summed E-state index contributed by atoms with van der Waals surface area (Å²) in [6.07, 6.45) is 1.66. The van der Waals surface area contributed by atoms with Crippen LogP contribution in [0.15, 0.2) is 114 Å². The molecule has 0 fully saturated rings. The van der Waals surface area contributed by atoms with E-state index in [0.717, 1.165) is 49.9 Å². The molecule has 0 bridgehead atoms. The number of rotatable bonds is 3. The summed E-state index contributed by atoms with van der Waals surface area (Å²) in [5.41, 5.74) is 5.79. The van der Waals surface area contributed by atoms with Gasteiger partial charge in [-0.1, -0.05) is 72.8 Å². The Balaban J connectivity index is 1.38. The van der Waals surface area contributed by atoms with Crippen molar-refractivity contribution in [2.75, 3.05) is 0 Å². The van der Waals surface area contributed by atoms with Crippen LogP contribution in [0.3, 0.4) is 0 Å². The molecule has 0 saturated heterocycles. The maximum absolute atomic E-state index is 6.04. The van der Waals surface area contributed by atoms with Gasteiger partial charge in [-0.3, -0.25) is 4.57 Å². The molecule has 4 aromatic carbocycles. The van der Waals surface area contributed by atoms with Gasteiger partial charge in [0.15, 0.2) is 23.2 Å². The van der Waals surface area contributed by atoms with E-state index >= 15 is 0 Å². The molecule has 4 heterocycles. The highest BCUT2D eigenvalue weighted by Gasteiger charge is 2.26. The van der Waals surface area contributed by atoms with Crippen molar-refractivity contribution in [2.45, 2.75) is 0 Å². The second-order valence-electron chi connectivity index (χ2n) is 8.95. The number of nitrogens with zero attached hydrogens (tertiary/aromatic N) is 4. The van der Waals surface area contributed by atoms with Crippen LogP contribution in [0.5, 0.6) is 11.7 Å². The van der Waals surface area contributed by atoms with Crippen LogP contribution in [0.4, 0.5) is 0 Å². The molecule has 6 heteroatoms. The third kappa shape index (κ3) is 3.02. The van der Waals surface area contributed by atoms with Gasteiger partial charge in [0.1, 0.15) is 5.69 Å². The molecule has 0 aliphatic carbocycles. The van der Waals surface area contributed by atoms with Gasteiger partial charge in [-0.15, -0.1) is 0 Å². The summed E-state index contributed by atoms with van der Waals surface area (Å²) in [5, 5.41) is 2.19. The second kappa shape index (κ2) is 7.63. The van der Waals surface area contributed by atoms with E-state index in [1.165, 1.54) is 0 Å². The molecule has 1 aliphatic rings. The summed E-state index contributed by atoms with van der Waals surface area (Å²) < 4.78 is 13.8. The third-order valence-corrected chi connectivity index (χ3v) is 6.76. The lowest BCUT2D eigenvalue weighted by Crippen LogP contribution is -2.01. The number of ether oxygens (including phenoxy) is 1. The second-order valence-corrected chi connectivity index (χ2v) is 8.95. The zero-order chi connectivity index (χ0) is 24.3. The van der Waals surface area contributed by atoms with Crippen LogP contribution >= 0.6 is 0 Å². The van der Waals surface area contributed by atoms with Crippen molar-refractivity contribution in [2.24, 2.45) is 0 Å². The van der Waals surface area contributed by atoms with Gasteiger partial charge in [-0.2, -0.15) is 0 Å². The van der Waals surface area contributed by atoms with Crippen LogP contribution in [-0.2, 0) is 0 Å². The number of hydrogen-bond donors (Lipinski definition) is 0. The summed E-state index contributed by atoms with van der Waals surface area (Å²) in [6.45, 7) is 0. The summed E-state index contributed by atoms with van der Waals surface area (Å²) in [5.74, 6) is 3.18. The first-order chi connectivity index (χ1) is 18.3. The van der Waals surface area contributed by atoms with E-state index in [0.29, 0.717) is 23.4 Å². The monoisotopic (exact) mass is 478 g/mol. The number of benzene rings is 4. The van der Waals surface area contributed by atoms with Gasteiger partial charge in [0, 0.05) is 33.5 Å². The van der Waals surface area contributed by atoms with E-state index in [-0.39, 0.29) is 0 Å². The first-order valence-corrected chi connectivity index (χ1v) is 12.0. The first-order valence-electron chi connectivity index (χ1n) is 12.0. The summed E-state index contributed by atoms with van der Waals surface area (Å²) >= 11 is 0. The zero-order valence-corrected chi connectivity index (χ0v) is 19.5. The quantitative estimate of drug-likeness (QED) is 0.261. The average molecular weight is 479 g/mol. The molecule has 6 nitrogen and oxygen atoms in total. The normalized spacial score (nSPS) is 12.0. The molecular formula is C31H18N4O2. The molecule has 7 aromatic rings. The largest absolute Gasteiger partial charge is 0.432 e. The summed E-state index contributed by atoms with van der Waals surface area (Å²) in [6, 6.07) is 34.4. The standard InChI is InChI=1S/C31H18N4O2/c1-3-8-19(9-4-1)28-32-29(20-10-5-2-6-11-20)34-30(33-28)21-14-15-24-23(18-21)22-12-7-13-26-27(22)35(24)25-16-17-36-31(25)37-26/h1-18H. The van der Waals surface area contributed by atoms with Gasteiger partial charge >= 0.3 is 5.95 Å². The Morgan fingerprint density at radius 3 is 1.95 bits per heavy atom. The van der Waals surface area contributed by atoms with Crippen molar-refractivity contribution in [3.8, 4) is 51.5 Å². The number of hydrogen-bond acceptors (Lipinski definition) is 5. The first kappa shape index (κ1) is 20.0. The van der Waals surface area contributed by atoms with Crippen molar-refractivity contribution in [3.05, 3.63) is 109 Å². The minimum absolute atomic E-state index is 0.499. The smallest absolute Gasteiger partial charge is 0.315 e. The fourth-order valence-electron chi connectivity index (χ4n) is 5.08. The summed E-state index contributed by atoms with van der Waals surface area (Å²) in [4.78, 5) is 14.6. The Kier molecular flexibility index (Phi) is 4.13. The molecule has 0 unspecified atom stereocenters. The Bertz CT molecular complexity index is 1900. The Morgan fingerprint density at radius 2 is 1.24 bits per heavy atom. The van der Waals surface area contributed by atoms with Gasteiger partial charge < -0.3 is 9.15 Å². The van der Waals surface area contributed by atoms with Crippen molar-refractivity contribution in [3.63, 3.8) is 0 Å². The molecule has 0 N–H and O–H groups in total. The van der Waals surface area contributed by atoms with Crippen LogP contribution in [-0.4, -0.2) is 19.5 Å².